The molecule has 0 aliphatic heterocycles. The minimum atomic E-state index is 0.345. The number of rotatable bonds is 6. The first-order valence-corrected chi connectivity index (χ1v) is 4.04. The molecule has 1 N–H and O–H groups in total. The number of nitrogens with one attached hydrogen (secondary N) is 1. The van der Waals surface area contributed by atoms with E-state index in [0.717, 1.165) is 25.0 Å². The second-order valence-corrected chi connectivity index (χ2v) is 2.58. The third-order valence-corrected chi connectivity index (χ3v) is 1.64. The van der Waals surface area contributed by atoms with Gasteiger partial charge in [-0.15, -0.1) is 0 Å². The summed E-state index contributed by atoms with van der Waals surface area (Å²) in [6.07, 6.45) is 3.52. The van der Waals surface area contributed by atoms with Gasteiger partial charge in [0.25, 0.3) is 0 Å². The van der Waals surface area contributed by atoms with Crippen LogP contribution >= 0.6 is 0 Å². The fraction of sp³-hybridized carbons (Fsp3) is 0.667. The van der Waals surface area contributed by atoms with E-state index < -0.39 is 0 Å². The van der Waals surface area contributed by atoms with E-state index in [1.54, 1.807) is 7.11 Å². The molecule has 0 atom stereocenters. The molecule has 12 heavy (non-hydrogen) atoms. The zero-order valence-corrected chi connectivity index (χ0v) is 7.85. The van der Waals surface area contributed by atoms with Crippen molar-refractivity contribution in [1.82, 2.24) is 0 Å². The monoisotopic (exact) mass is 171 g/mol. The number of allylic oxidation sites excluding steroid dienone is 1. The molecule has 0 unspecified atom stereocenters. The predicted molar refractivity (Wildman–Crippen MR) is 49.4 cm³/mol. The molecule has 0 rings (SSSR count). The third-order valence-electron chi connectivity index (χ3n) is 1.64. The Morgan fingerprint density at radius 1 is 1.17 bits per heavy atom. The summed E-state index contributed by atoms with van der Waals surface area (Å²) in [6.45, 7) is 3.70. The summed E-state index contributed by atoms with van der Waals surface area (Å²) in [6, 6.07) is 0. The summed E-state index contributed by atoms with van der Waals surface area (Å²) < 4.78 is 9.62. The average molecular weight is 171 g/mol. The average Bonchev–Trinajstić information content (AvgIpc) is 2.11. The lowest BCUT2D eigenvalue weighted by Gasteiger charge is -2.03. The van der Waals surface area contributed by atoms with Crippen LogP contribution < -0.4 is 0 Å². The molecule has 3 heteroatoms. The second kappa shape index (κ2) is 6.70. The highest BCUT2D eigenvalue weighted by Crippen LogP contribution is 2.07. The predicted octanol–water partition coefficient (Wildman–Crippen LogP) is 2.33. The van der Waals surface area contributed by atoms with Crippen molar-refractivity contribution >= 4 is 5.90 Å². The van der Waals surface area contributed by atoms with Crippen LogP contribution in [0.3, 0.4) is 0 Å². The molecule has 0 bridgehead atoms. The van der Waals surface area contributed by atoms with Crippen LogP contribution in [0, 0.1) is 5.41 Å². The summed E-state index contributed by atoms with van der Waals surface area (Å²) in [5.74, 6) is 1.15. The van der Waals surface area contributed by atoms with E-state index in [1.165, 1.54) is 7.11 Å². The molecule has 0 aliphatic carbocycles. The van der Waals surface area contributed by atoms with E-state index in [-0.39, 0.29) is 0 Å². The highest BCUT2D eigenvalue weighted by molar-refractivity contribution is 5.72. The molecule has 0 aliphatic rings. The van der Waals surface area contributed by atoms with Crippen LogP contribution in [0.25, 0.3) is 0 Å². The smallest absolute Gasteiger partial charge is 0.180 e. The van der Waals surface area contributed by atoms with Gasteiger partial charge in [0.15, 0.2) is 5.90 Å². The summed E-state index contributed by atoms with van der Waals surface area (Å²) in [4.78, 5) is 0. The van der Waals surface area contributed by atoms with Crippen molar-refractivity contribution in [3.05, 3.63) is 12.3 Å². The van der Waals surface area contributed by atoms with Crippen LogP contribution in [0.4, 0.5) is 0 Å². The molecule has 0 aromatic rings. The first kappa shape index (κ1) is 11.0. The number of unbranched alkanes of at least 4 members (excludes halogenated alkanes) is 1. The Balaban J connectivity index is 3.21. The molecule has 0 heterocycles. The van der Waals surface area contributed by atoms with Crippen LogP contribution in [0.2, 0.25) is 0 Å². The first-order valence-electron chi connectivity index (χ1n) is 4.04. The minimum Gasteiger partial charge on any atom is -0.502 e. The van der Waals surface area contributed by atoms with Gasteiger partial charge in [-0.2, -0.15) is 0 Å². The molecule has 70 valence electrons. The van der Waals surface area contributed by atoms with Crippen LogP contribution in [-0.2, 0) is 9.47 Å². The van der Waals surface area contributed by atoms with Crippen molar-refractivity contribution in [3.63, 3.8) is 0 Å². The van der Waals surface area contributed by atoms with Gasteiger partial charge in [-0.1, -0.05) is 6.58 Å². The number of hydrogen-bond acceptors (Lipinski definition) is 3. The van der Waals surface area contributed by atoms with Crippen LogP contribution in [-0.4, -0.2) is 20.1 Å². The van der Waals surface area contributed by atoms with Crippen molar-refractivity contribution in [1.29, 1.82) is 5.41 Å². The van der Waals surface area contributed by atoms with E-state index in [1.807, 2.05) is 0 Å². The van der Waals surface area contributed by atoms with E-state index in [0.29, 0.717) is 12.3 Å². The van der Waals surface area contributed by atoms with Gasteiger partial charge in [0, 0.05) is 12.8 Å². The molecular weight excluding hydrogens is 154 g/mol. The Morgan fingerprint density at radius 3 is 2.25 bits per heavy atom. The van der Waals surface area contributed by atoms with Crippen molar-refractivity contribution in [2.75, 3.05) is 14.2 Å². The molecule has 0 saturated heterocycles. The van der Waals surface area contributed by atoms with E-state index in [4.69, 9.17) is 14.9 Å². The van der Waals surface area contributed by atoms with Gasteiger partial charge in [0.1, 0.15) is 0 Å². The van der Waals surface area contributed by atoms with Gasteiger partial charge in [-0.05, 0) is 12.8 Å². The summed E-state index contributed by atoms with van der Waals surface area (Å²) in [5, 5.41) is 7.19. The standard InChI is InChI=1S/C9H17NO2/c1-8(11-2)6-4-5-7-9(10)12-3/h10H,1,4-7H2,2-3H3. The topological polar surface area (TPSA) is 42.3 Å². The van der Waals surface area contributed by atoms with Crippen LogP contribution in [0.1, 0.15) is 25.7 Å². The highest BCUT2D eigenvalue weighted by Gasteiger charge is 1.96. The Kier molecular flexibility index (Phi) is 6.15. The van der Waals surface area contributed by atoms with Gasteiger partial charge < -0.3 is 9.47 Å². The zero-order chi connectivity index (χ0) is 9.40. The Labute approximate surface area is 73.9 Å². The van der Waals surface area contributed by atoms with E-state index >= 15 is 0 Å². The maximum Gasteiger partial charge on any atom is 0.180 e. The fourth-order valence-corrected chi connectivity index (χ4v) is 0.812. The molecule has 0 fully saturated rings. The van der Waals surface area contributed by atoms with E-state index in [9.17, 15) is 0 Å². The summed E-state index contributed by atoms with van der Waals surface area (Å²) in [7, 11) is 3.15. The quantitative estimate of drug-likeness (QED) is 0.288. The van der Waals surface area contributed by atoms with Crippen LogP contribution in [0.5, 0.6) is 0 Å². The summed E-state index contributed by atoms with van der Waals surface area (Å²) in [5.41, 5.74) is 0. The van der Waals surface area contributed by atoms with Gasteiger partial charge in [-0.3, -0.25) is 5.41 Å². The molecule has 0 radical (unpaired) electrons. The fourth-order valence-electron chi connectivity index (χ4n) is 0.812. The SMILES string of the molecule is C=C(CCCCC(=N)OC)OC. The van der Waals surface area contributed by atoms with Gasteiger partial charge in [0.2, 0.25) is 0 Å². The Hall–Kier alpha value is -0.990. The van der Waals surface area contributed by atoms with Gasteiger partial charge in [-0.25, -0.2) is 0 Å². The number of ether oxygens (including phenoxy) is 2. The van der Waals surface area contributed by atoms with Crippen molar-refractivity contribution in [2.24, 2.45) is 0 Å². The zero-order valence-electron chi connectivity index (χ0n) is 7.85. The number of hydrogen-bond donors (Lipinski definition) is 1. The Bertz CT molecular complexity index is 137. The van der Waals surface area contributed by atoms with Crippen molar-refractivity contribution in [2.45, 2.75) is 25.7 Å². The molecule has 0 amide bonds. The molecule has 0 spiro atoms. The number of methoxy groups -OCH3 is 2. The normalized spacial score (nSPS) is 9.17. The Morgan fingerprint density at radius 2 is 1.75 bits per heavy atom. The lowest BCUT2D eigenvalue weighted by atomic mass is 10.2. The molecule has 3 nitrogen and oxygen atoms in total. The largest absolute Gasteiger partial charge is 0.502 e. The minimum absolute atomic E-state index is 0.345. The second-order valence-electron chi connectivity index (χ2n) is 2.58. The van der Waals surface area contributed by atoms with Crippen molar-refractivity contribution < 1.29 is 9.47 Å². The third kappa shape index (κ3) is 5.77. The highest BCUT2D eigenvalue weighted by atomic mass is 16.5. The summed E-state index contributed by atoms with van der Waals surface area (Å²) >= 11 is 0. The maximum absolute atomic E-state index is 7.19. The first-order chi connectivity index (χ1) is 5.70. The van der Waals surface area contributed by atoms with E-state index in [2.05, 4.69) is 6.58 Å². The lowest BCUT2D eigenvalue weighted by molar-refractivity contribution is 0.276. The molecular formula is C9H17NO2. The van der Waals surface area contributed by atoms with Gasteiger partial charge >= 0.3 is 0 Å². The molecule has 0 aromatic heterocycles. The lowest BCUT2D eigenvalue weighted by Crippen LogP contribution is -1.98. The van der Waals surface area contributed by atoms with Crippen LogP contribution in [0.15, 0.2) is 12.3 Å². The maximum atomic E-state index is 7.19. The van der Waals surface area contributed by atoms with Crippen molar-refractivity contribution in [3.8, 4) is 0 Å². The molecule has 0 aromatic carbocycles. The molecule has 0 saturated carbocycles. The van der Waals surface area contributed by atoms with Gasteiger partial charge in [0.05, 0.1) is 20.0 Å².